The summed E-state index contributed by atoms with van der Waals surface area (Å²) < 4.78 is 0. The van der Waals surface area contributed by atoms with Crippen molar-refractivity contribution < 1.29 is 4.79 Å². The number of carbonyl (C=O) groups excluding carboxylic acids is 1. The first kappa shape index (κ1) is 18.4. The maximum absolute atomic E-state index is 12.6. The Morgan fingerprint density at radius 3 is 2.64 bits per heavy atom. The minimum absolute atomic E-state index is 0.0232. The molecule has 3 aromatic rings. The molecular formula is C23H26N4O. The molecule has 1 aliphatic heterocycles. The van der Waals surface area contributed by atoms with E-state index in [4.69, 9.17) is 0 Å². The van der Waals surface area contributed by atoms with Gasteiger partial charge in [0.1, 0.15) is 0 Å². The topological polar surface area (TPSA) is 48.5 Å². The number of nitrogens with one attached hydrogen (secondary N) is 1. The normalized spacial score (nSPS) is 15.0. The molecule has 144 valence electrons. The number of hydrogen-bond acceptors (Lipinski definition) is 4. The van der Waals surface area contributed by atoms with Gasteiger partial charge in [0.05, 0.1) is 11.9 Å². The number of piperazine rings is 1. The van der Waals surface area contributed by atoms with Crippen molar-refractivity contribution in [3.63, 3.8) is 0 Å². The maximum atomic E-state index is 12.6. The van der Waals surface area contributed by atoms with Crippen molar-refractivity contribution in [3.05, 3.63) is 65.9 Å². The van der Waals surface area contributed by atoms with E-state index >= 15 is 0 Å². The Morgan fingerprint density at radius 1 is 1.07 bits per heavy atom. The predicted molar refractivity (Wildman–Crippen MR) is 115 cm³/mol. The molecule has 1 fully saturated rings. The summed E-state index contributed by atoms with van der Waals surface area (Å²) in [6.45, 7) is 6.35. The van der Waals surface area contributed by atoms with Crippen LogP contribution in [-0.2, 0) is 11.2 Å². The lowest BCUT2D eigenvalue weighted by Gasteiger charge is -2.35. The lowest BCUT2D eigenvalue weighted by atomic mass is 10.1. The average Bonchev–Trinajstić information content (AvgIpc) is 2.69. The summed E-state index contributed by atoms with van der Waals surface area (Å²) >= 11 is 0. The van der Waals surface area contributed by atoms with Gasteiger partial charge in [0.15, 0.2) is 0 Å². The molecule has 0 aliphatic carbocycles. The second-order valence-electron chi connectivity index (χ2n) is 7.51. The monoisotopic (exact) mass is 374 g/mol. The zero-order chi connectivity index (χ0) is 19.5. The van der Waals surface area contributed by atoms with Crippen molar-refractivity contribution in [2.75, 3.05) is 43.4 Å². The van der Waals surface area contributed by atoms with E-state index < -0.39 is 0 Å². The van der Waals surface area contributed by atoms with Gasteiger partial charge < -0.3 is 15.1 Å². The van der Waals surface area contributed by atoms with Gasteiger partial charge >= 0.3 is 0 Å². The highest BCUT2D eigenvalue weighted by molar-refractivity contribution is 5.95. The number of anilines is 2. The molecule has 1 amide bonds. The van der Waals surface area contributed by atoms with Crippen LogP contribution in [0.1, 0.15) is 11.1 Å². The Kier molecular flexibility index (Phi) is 5.26. The zero-order valence-electron chi connectivity index (χ0n) is 16.5. The van der Waals surface area contributed by atoms with Crippen LogP contribution in [0.5, 0.6) is 0 Å². The van der Waals surface area contributed by atoms with Gasteiger partial charge in [-0.15, -0.1) is 0 Å². The van der Waals surface area contributed by atoms with Gasteiger partial charge in [-0.1, -0.05) is 24.3 Å². The Balaban J connectivity index is 1.45. The first-order valence-corrected chi connectivity index (χ1v) is 9.77. The van der Waals surface area contributed by atoms with E-state index in [9.17, 15) is 4.79 Å². The Hall–Kier alpha value is -2.92. The highest BCUT2D eigenvalue weighted by Crippen LogP contribution is 2.25. The Bertz CT molecular complexity index is 988. The number of aryl methyl sites for hydroxylation is 1. The molecule has 0 atom stereocenters. The molecule has 1 saturated heterocycles. The molecule has 1 aromatic heterocycles. The summed E-state index contributed by atoms with van der Waals surface area (Å²) in [7, 11) is 2.16. The molecule has 0 radical (unpaired) electrons. The third-order valence-electron chi connectivity index (χ3n) is 5.39. The Labute approximate surface area is 166 Å². The molecule has 1 aliphatic rings. The van der Waals surface area contributed by atoms with Gasteiger partial charge in [0.25, 0.3) is 0 Å². The molecule has 4 rings (SSSR count). The number of aromatic nitrogens is 1. The third kappa shape index (κ3) is 3.99. The van der Waals surface area contributed by atoms with Crippen LogP contribution < -0.4 is 10.2 Å². The standard InChI is InChI=1S/C23H26N4O/c1-17-15-20(8-9-21(17)27-13-11-26(2)12-14-27)25-22(28)16-19-6-3-5-18-7-4-10-24-23(18)19/h3-10,15H,11-14,16H2,1-2H3,(H,25,28). The van der Waals surface area contributed by atoms with E-state index in [1.807, 2.05) is 36.4 Å². The molecule has 0 unspecified atom stereocenters. The lowest BCUT2D eigenvalue weighted by molar-refractivity contribution is -0.115. The quantitative estimate of drug-likeness (QED) is 0.760. The highest BCUT2D eigenvalue weighted by atomic mass is 16.1. The van der Waals surface area contributed by atoms with Gasteiger partial charge in [-0.25, -0.2) is 0 Å². The van der Waals surface area contributed by atoms with Gasteiger partial charge in [-0.05, 0) is 49.4 Å². The van der Waals surface area contributed by atoms with E-state index in [1.165, 1.54) is 11.3 Å². The van der Waals surface area contributed by atoms with Gasteiger partial charge in [-0.2, -0.15) is 0 Å². The fourth-order valence-electron chi connectivity index (χ4n) is 3.82. The second-order valence-corrected chi connectivity index (χ2v) is 7.51. The smallest absolute Gasteiger partial charge is 0.228 e. The molecule has 2 aromatic carbocycles. The van der Waals surface area contributed by atoms with E-state index in [2.05, 4.69) is 46.2 Å². The Morgan fingerprint density at radius 2 is 1.86 bits per heavy atom. The summed E-state index contributed by atoms with van der Waals surface area (Å²) in [6, 6.07) is 16.1. The van der Waals surface area contributed by atoms with Crippen molar-refractivity contribution in [2.24, 2.45) is 0 Å². The van der Waals surface area contributed by atoms with Gasteiger partial charge in [0, 0.05) is 49.1 Å². The number of para-hydroxylation sites is 1. The van der Waals surface area contributed by atoms with Crippen molar-refractivity contribution in [1.82, 2.24) is 9.88 Å². The number of nitrogens with zero attached hydrogens (tertiary/aromatic N) is 3. The van der Waals surface area contributed by atoms with E-state index in [1.54, 1.807) is 6.20 Å². The van der Waals surface area contributed by atoms with Crippen LogP contribution in [0.15, 0.2) is 54.7 Å². The molecule has 5 heteroatoms. The van der Waals surface area contributed by atoms with Crippen molar-refractivity contribution >= 4 is 28.2 Å². The molecule has 0 spiro atoms. The number of benzene rings is 2. The van der Waals surface area contributed by atoms with Crippen LogP contribution >= 0.6 is 0 Å². The lowest BCUT2D eigenvalue weighted by Crippen LogP contribution is -2.44. The summed E-state index contributed by atoms with van der Waals surface area (Å²) in [6.07, 6.45) is 2.08. The molecule has 0 saturated carbocycles. The summed E-state index contributed by atoms with van der Waals surface area (Å²) in [5.41, 5.74) is 5.12. The number of amides is 1. The average molecular weight is 374 g/mol. The van der Waals surface area contributed by atoms with Crippen LogP contribution in [0.2, 0.25) is 0 Å². The zero-order valence-corrected chi connectivity index (χ0v) is 16.5. The van der Waals surface area contributed by atoms with Crippen LogP contribution in [0, 0.1) is 6.92 Å². The second kappa shape index (κ2) is 7.98. The largest absolute Gasteiger partial charge is 0.369 e. The van der Waals surface area contributed by atoms with Crippen molar-refractivity contribution in [2.45, 2.75) is 13.3 Å². The van der Waals surface area contributed by atoms with Gasteiger partial charge in [0.2, 0.25) is 5.91 Å². The summed E-state index contributed by atoms with van der Waals surface area (Å²) in [5.74, 6) is -0.0232. The first-order chi connectivity index (χ1) is 13.6. The highest BCUT2D eigenvalue weighted by Gasteiger charge is 2.16. The first-order valence-electron chi connectivity index (χ1n) is 9.77. The van der Waals surface area contributed by atoms with E-state index in [0.717, 1.165) is 48.3 Å². The van der Waals surface area contributed by atoms with Crippen LogP contribution in [0.3, 0.4) is 0 Å². The van der Waals surface area contributed by atoms with Crippen LogP contribution in [0.4, 0.5) is 11.4 Å². The molecule has 0 bridgehead atoms. The van der Waals surface area contributed by atoms with Crippen molar-refractivity contribution in [1.29, 1.82) is 0 Å². The minimum Gasteiger partial charge on any atom is -0.369 e. The number of carbonyl (C=O) groups is 1. The van der Waals surface area contributed by atoms with Gasteiger partial charge in [-0.3, -0.25) is 9.78 Å². The summed E-state index contributed by atoms with van der Waals surface area (Å²) in [4.78, 5) is 21.8. The van der Waals surface area contributed by atoms with E-state index in [0.29, 0.717) is 6.42 Å². The SMILES string of the molecule is Cc1cc(NC(=O)Cc2cccc3cccnc23)ccc1N1CCN(C)CC1. The molecule has 2 heterocycles. The predicted octanol–water partition coefficient (Wildman–Crippen LogP) is 3.48. The molecule has 28 heavy (non-hydrogen) atoms. The van der Waals surface area contributed by atoms with Crippen LogP contribution in [-0.4, -0.2) is 49.0 Å². The number of likely N-dealkylation sites (N-methyl/N-ethyl adjacent to an activating group) is 1. The maximum Gasteiger partial charge on any atom is 0.228 e. The number of pyridine rings is 1. The van der Waals surface area contributed by atoms with Crippen molar-refractivity contribution in [3.8, 4) is 0 Å². The summed E-state index contributed by atoms with van der Waals surface area (Å²) in [5, 5.41) is 4.10. The minimum atomic E-state index is -0.0232. The number of fused-ring (bicyclic) bond motifs is 1. The fraction of sp³-hybridized carbons (Fsp3) is 0.304. The molecule has 1 N–H and O–H groups in total. The fourth-order valence-corrected chi connectivity index (χ4v) is 3.82. The molecular weight excluding hydrogens is 348 g/mol. The number of hydrogen-bond donors (Lipinski definition) is 1. The molecule has 5 nitrogen and oxygen atoms in total. The number of rotatable bonds is 4. The third-order valence-corrected chi connectivity index (χ3v) is 5.39. The van der Waals surface area contributed by atoms with E-state index in [-0.39, 0.29) is 5.91 Å². The van der Waals surface area contributed by atoms with Crippen LogP contribution in [0.25, 0.3) is 10.9 Å².